The molecule has 0 fully saturated rings. The Hall–Kier alpha value is -0.990. The molecule has 0 saturated heterocycles. The van der Waals surface area contributed by atoms with E-state index in [9.17, 15) is 0 Å². The molecule has 0 aliphatic heterocycles. The Labute approximate surface area is 111 Å². The topological polar surface area (TPSA) is 73.7 Å². The third kappa shape index (κ3) is 3.48. The second-order valence-corrected chi connectivity index (χ2v) is 5.53. The lowest BCUT2D eigenvalue weighted by atomic mass is 10.9. The SMILES string of the molecule is CCOc1nc(Cl)nc(Sc2nnc(C)s2)n1. The maximum atomic E-state index is 5.77. The molecule has 2 rings (SSSR count). The van der Waals surface area contributed by atoms with Gasteiger partial charge in [-0.15, -0.1) is 10.2 Å². The first-order valence-corrected chi connectivity index (χ1v) is 6.71. The highest BCUT2D eigenvalue weighted by Gasteiger charge is 2.10. The third-order valence-electron chi connectivity index (χ3n) is 1.53. The zero-order chi connectivity index (χ0) is 12.3. The van der Waals surface area contributed by atoms with Crippen LogP contribution in [0.25, 0.3) is 0 Å². The Balaban J connectivity index is 2.20. The minimum absolute atomic E-state index is 0.104. The van der Waals surface area contributed by atoms with Crippen LogP contribution in [0.4, 0.5) is 0 Å². The van der Waals surface area contributed by atoms with Gasteiger partial charge >= 0.3 is 6.01 Å². The smallest absolute Gasteiger partial charge is 0.321 e. The Kier molecular flexibility index (Phi) is 4.08. The average molecular weight is 290 g/mol. The molecule has 2 aromatic rings. The van der Waals surface area contributed by atoms with E-state index >= 15 is 0 Å². The first-order valence-electron chi connectivity index (χ1n) is 4.69. The summed E-state index contributed by atoms with van der Waals surface area (Å²) < 4.78 is 5.93. The zero-order valence-corrected chi connectivity index (χ0v) is 11.4. The van der Waals surface area contributed by atoms with Crippen LogP contribution in [0.1, 0.15) is 11.9 Å². The van der Waals surface area contributed by atoms with Crippen molar-refractivity contribution >= 4 is 34.7 Å². The summed E-state index contributed by atoms with van der Waals surface area (Å²) in [6.07, 6.45) is 0. The fourth-order valence-corrected chi connectivity index (χ4v) is 2.82. The van der Waals surface area contributed by atoms with Gasteiger partial charge in [-0.05, 0) is 37.2 Å². The summed E-state index contributed by atoms with van der Waals surface area (Å²) in [5.74, 6) is 0. The van der Waals surface area contributed by atoms with Crippen molar-refractivity contribution in [1.82, 2.24) is 25.1 Å². The predicted octanol–water partition coefficient (Wildman–Crippen LogP) is 2.23. The lowest BCUT2D eigenvalue weighted by Crippen LogP contribution is -2.00. The molecule has 2 heterocycles. The van der Waals surface area contributed by atoms with E-state index in [4.69, 9.17) is 16.3 Å². The highest BCUT2D eigenvalue weighted by atomic mass is 35.5. The van der Waals surface area contributed by atoms with Crippen molar-refractivity contribution in [3.8, 4) is 6.01 Å². The molecule has 0 saturated carbocycles. The molecular weight excluding hydrogens is 282 g/mol. The van der Waals surface area contributed by atoms with Crippen molar-refractivity contribution < 1.29 is 4.74 Å². The van der Waals surface area contributed by atoms with Crippen LogP contribution in [-0.2, 0) is 0 Å². The van der Waals surface area contributed by atoms with Gasteiger partial charge in [-0.1, -0.05) is 11.3 Å². The zero-order valence-electron chi connectivity index (χ0n) is 9.05. The van der Waals surface area contributed by atoms with Crippen LogP contribution < -0.4 is 4.74 Å². The molecule has 0 aliphatic carbocycles. The molecule has 0 aliphatic rings. The summed E-state index contributed by atoms with van der Waals surface area (Å²) in [7, 11) is 0. The summed E-state index contributed by atoms with van der Waals surface area (Å²) in [6, 6.07) is 0.219. The lowest BCUT2D eigenvalue weighted by molar-refractivity contribution is 0.307. The van der Waals surface area contributed by atoms with Crippen LogP contribution in [0.5, 0.6) is 6.01 Å². The van der Waals surface area contributed by atoms with Crippen LogP contribution in [0.3, 0.4) is 0 Å². The summed E-state index contributed by atoms with van der Waals surface area (Å²) in [4.78, 5) is 11.9. The van der Waals surface area contributed by atoms with E-state index < -0.39 is 0 Å². The van der Waals surface area contributed by atoms with Gasteiger partial charge in [0.05, 0.1) is 6.61 Å². The molecular formula is C8H8ClN5OS2. The maximum absolute atomic E-state index is 5.77. The third-order valence-corrected chi connectivity index (χ3v) is 3.45. The predicted molar refractivity (Wildman–Crippen MR) is 64.8 cm³/mol. The number of hydrogen-bond donors (Lipinski definition) is 0. The van der Waals surface area contributed by atoms with E-state index in [-0.39, 0.29) is 11.3 Å². The van der Waals surface area contributed by atoms with Crippen LogP contribution in [0.15, 0.2) is 9.50 Å². The normalized spacial score (nSPS) is 10.5. The Morgan fingerprint density at radius 1 is 1.29 bits per heavy atom. The van der Waals surface area contributed by atoms with Crippen molar-refractivity contribution in [2.24, 2.45) is 0 Å². The standard InChI is InChI=1S/C8H8ClN5OS2/c1-3-15-6-10-5(9)11-7(12-6)17-8-14-13-4(2)16-8/h3H2,1-2H3. The van der Waals surface area contributed by atoms with Crippen molar-refractivity contribution in [3.63, 3.8) is 0 Å². The molecule has 6 nitrogen and oxygen atoms in total. The Morgan fingerprint density at radius 3 is 2.76 bits per heavy atom. The van der Waals surface area contributed by atoms with Crippen LogP contribution >= 0.6 is 34.7 Å². The fraction of sp³-hybridized carbons (Fsp3) is 0.375. The van der Waals surface area contributed by atoms with E-state index in [2.05, 4.69) is 25.1 Å². The number of halogens is 1. The molecule has 17 heavy (non-hydrogen) atoms. The highest BCUT2D eigenvalue weighted by Crippen LogP contribution is 2.28. The average Bonchev–Trinajstić information content (AvgIpc) is 2.63. The molecule has 2 aromatic heterocycles. The quantitative estimate of drug-likeness (QED) is 0.854. The first-order chi connectivity index (χ1) is 8.17. The van der Waals surface area contributed by atoms with Crippen molar-refractivity contribution in [3.05, 3.63) is 10.3 Å². The molecule has 0 aromatic carbocycles. The van der Waals surface area contributed by atoms with E-state index in [0.717, 1.165) is 9.35 Å². The molecule has 9 heteroatoms. The molecule has 90 valence electrons. The fourth-order valence-electron chi connectivity index (χ4n) is 0.952. The largest absolute Gasteiger partial charge is 0.464 e. The van der Waals surface area contributed by atoms with Crippen molar-refractivity contribution in [2.75, 3.05) is 6.61 Å². The molecule has 0 radical (unpaired) electrons. The van der Waals surface area contributed by atoms with Crippen LogP contribution in [0.2, 0.25) is 5.28 Å². The highest BCUT2D eigenvalue weighted by molar-refractivity contribution is 8.00. The Bertz CT molecular complexity index is 520. The van der Waals surface area contributed by atoms with Gasteiger partial charge in [0.15, 0.2) is 4.34 Å². The van der Waals surface area contributed by atoms with E-state index in [1.165, 1.54) is 23.1 Å². The molecule has 0 unspecified atom stereocenters. The second-order valence-electron chi connectivity index (χ2n) is 2.79. The van der Waals surface area contributed by atoms with Gasteiger partial charge in [-0.25, -0.2) is 0 Å². The minimum atomic E-state index is 0.104. The van der Waals surface area contributed by atoms with Gasteiger partial charge in [0.2, 0.25) is 10.4 Å². The number of rotatable bonds is 4. The van der Waals surface area contributed by atoms with Gasteiger partial charge in [0, 0.05) is 0 Å². The first kappa shape index (κ1) is 12.5. The van der Waals surface area contributed by atoms with Gasteiger partial charge in [0.25, 0.3) is 0 Å². The summed E-state index contributed by atoms with van der Waals surface area (Å²) >= 11 is 8.51. The Morgan fingerprint density at radius 2 is 2.12 bits per heavy atom. The van der Waals surface area contributed by atoms with Gasteiger partial charge in [-0.3, -0.25) is 0 Å². The number of aromatic nitrogens is 5. The number of hydrogen-bond acceptors (Lipinski definition) is 8. The van der Waals surface area contributed by atoms with Gasteiger partial charge in [-0.2, -0.15) is 15.0 Å². The van der Waals surface area contributed by atoms with Crippen molar-refractivity contribution in [2.45, 2.75) is 23.3 Å². The summed E-state index contributed by atoms with van der Waals surface area (Å²) in [5.41, 5.74) is 0. The van der Waals surface area contributed by atoms with Crippen LogP contribution in [0, 0.1) is 6.92 Å². The molecule has 0 amide bonds. The number of ether oxygens (including phenoxy) is 1. The monoisotopic (exact) mass is 289 g/mol. The summed E-state index contributed by atoms with van der Waals surface area (Å²) in [6.45, 7) is 4.20. The van der Waals surface area contributed by atoms with E-state index in [0.29, 0.717) is 11.8 Å². The van der Waals surface area contributed by atoms with Crippen LogP contribution in [-0.4, -0.2) is 31.8 Å². The number of aryl methyl sites for hydroxylation is 1. The van der Waals surface area contributed by atoms with Crippen molar-refractivity contribution in [1.29, 1.82) is 0 Å². The second kappa shape index (κ2) is 5.56. The summed E-state index contributed by atoms with van der Waals surface area (Å²) in [5, 5.41) is 9.31. The molecule has 0 spiro atoms. The van der Waals surface area contributed by atoms with Gasteiger partial charge < -0.3 is 4.74 Å². The lowest BCUT2D eigenvalue weighted by Gasteiger charge is -2.02. The van der Waals surface area contributed by atoms with Gasteiger partial charge in [0.1, 0.15) is 5.01 Å². The van der Waals surface area contributed by atoms with E-state index in [1.54, 1.807) is 0 Å². The minimum Gasteiger partial charge on any atom is -0.464 e. The maximum Gasteiger partial charge on any atom is 0.321 e. The number of nitrogens with zero attached hydrogens (tertiary/aromatic N) is 5. The molecule has 0 bridgehead atoms. The van der Waals surface area contributed by atoms with E-state index in [1.807, 2.05) is 13.8 Å². The molecule has 0 atom stereocenters. The molecule has 0 N–H and O–H groups in total.